The van der Waals surface area contributed by atoms with Crippen LogP contribution in [0.3, 0.4) is 0 Å². The van der Waals surface area contributed by atoms with Crippen LogP contribution >= 0.6 is 11.8 Å². The van der Waals surface area contributed by atoms with Gasteiger partial charge in [-0.3, -0.25) is 4.79 Å². The molecule has 30 heavy (non-hydrogen) atoms. The van der Waals surface area contributed by atoms with Crippen LogP contribution in [0.15, 0.2) is 24.3 Å². The number of amides is 1. The monoisotopic (exact) mass is 438 g/mol. The molecular weight excluding hydrogens is 421 g/mol. The number of benzene rings is 1. The van der Waals surface area contributed by atoms with E-state index in [0.717, 1.165) is 5.56 Å². The number of aryl methyl sites for hydroxylation is 1. The molecule has 1 unspecified atom stereocenters. The Labute approximate surface area is 174 Å². The molecule has 0 bridgehead atoms. The highest BCUT2D eigenvalue weighted by Gasteiger charge is 2.32. The summed E-state index contributed by atoms with van der Waals surface area (Å²) in [4.78, 5) is 12.6. The highest BCUT2D eigenvalue weighted by Crippen LogP contribution is 2.33. The third-order valence-electron chi connectivity index (χ3n) is 4.79. The Morgan fingerprint density at radius 3 is 3.00 bits per heavy atom. The fourth-order valence-electron chi connectivity index (χ4n) is 3.38. The summed E-state index contributed by atoms with van der Waals surface area (Å²) < 4.78 is 49.9. The molecule has 2 atom stereocenters. The van der Waals surface area contributed by atoms with Crippen LogP contribution in [0.5, 0.6) is 11.6 Å². The van der Waals surface area contributed by atoms with Gasteiger partial charge < -0.3 is 14.8 Å². The van der Waals surface area contributed by atoms with Crippen molar-refractivity contribution in [3.63, 3.8) is 0 Å². The fraction of sp³-hybridized carbons (Fsp3) is 0.421. The van der Waals surface area contributed by atoms with Crippen LogP contribution in [0.4, 0.5) is 13.2 Å². The highest BCUT2D eigenvalue weighted by molar-refractivity contribution is 8.00. The summed E-state index contributed by atoms with van der Waals surface area (Å²) in [5, 5.41) is 16.1. The molecule has 11 heteroatoms. The minimum absolute atomic E-state index is 0.120. The van der Waals surface area contributed by atoms with Crippen LogP contribution in [0.1, 0.15) is 28.0 Å². The molecule has 0 aliphatic carbocycles. The van der Waals surface area contributed by atoms with Gasteiger partial charge in [-0.2, -0.15) is 23.5 Å². The summed E-state index contributed by atoms with van der Waals surface area (Å²) in [7, 11) is 0. The van der Waals surface area contributed by atoms with E-state index in [9.17, 15) is 18.0 Å². The molecule has 0 spiro atoms. The second-order valence-corrected chi connectivity index (χ2v) is 8.08. The zero-order valence-electron chi connectivity index (χ0n) is 15.6. The number of alkyl halides is 3. The van der Waals surface area contributed by atoms with E-state index in [2.05, 4.69) is 16.5 Å². The first-order valence-electron chi connectivity index (χ1n) is 9.22. The molecule has 158 valence electrons. The molecule has 7 nitrogen and oxygen atoms in total. The average molecular weight is 438 g/mol. The first-order valence-corrected chi connectivity index (χ1v) is 10.2. The van der Waals surface area contributed by atoms with Gasteiger partial charge in [-0.25, -0.2) is 4.68 Å². The van der Waals surface area contributed by atoms with Crippen LogP contribution in [-0.2, 0) is 13.0 Å². The minimum atomic E-state index is -4.30. The molecule has 4 rings (SSSR count). The summed E-state index contributed by atoms with van der Waals surface area (Å²) in [5.41, 5.74) is -2.82. The number of carbonyl (C=O) groups excluding carboxylic acids is 1. The van der Waals surface area contributed by atoms with Gasteiger partial charge in [0.25, 0.3) is 5.91 Å². The van der Waals surface area contributed by atoms with Gasteiger partial charge in [-0.1, -0.05) is 0 Å². The number of thioether (sulfide) groups is 1. The van der Waals surface area contributed by atoms with Crippen molar-refractivity contribution in [2.75, 3.05) is 12.4 Å². The van der Waals surface area contributed by atoms with Crippen molar-refractivity contribution in [3.8, 4) is 17.7 Å². The van der Waals surface area contributed by atoms with Crippen molar-refractivity contribution in [1.29, 1.82) is 5.26 Å². The number of hydrogen-bond acceptors (Lipinski definition) is 6. The van der Waals surface area contributed by atoms with E-state index in [4.69, 9.17) is 14.7 Å². The Bertz CT molecular complexity index is 1000. The molecule has 2 aliphatic heterocycles. The van der Waals surface area contributed by atoms with E-state index in [0.29, 0.717) is 30.7 Å². The lowest BCUT2D eigenvalue weighted by molar-refractivity contribution is -0.0334. The number of hydrogen-bond donors (Lipinski definition) is 1. The summed E-state index contributed by atoms with van der Waals surface area (Å²) in [6, 6.07) is 8.36. The van der Waals surface area contributed by atoms with Gasteiger partial charge in [-0.15, -0.1) is 0 Å². The van der Waals surface area contributed by atoms with Crippen molar-refractivity contribution in [1.82, 2.24) is 15.1 Å². The van der Waals surface area contributed by atoms with Crippen molar-refractivity contribution in [3.05, 3.63) is 41.1 Å². The van der Waals surface area contributed by atoms with Crippen LogP contribution in [-0.4, -0.2) is 45.7 Å². The normalized spacial score (nSPS) is 20.2. The molecule has 3 heterocycles. The molecule has 1 amide bonds. The molecule has 0 fully saturated rings. The van der Waals surface area contributed by atoms with Crippen LogP contribution < -0.4 is 14.8 Å². The number of ether oxygens (including phenoxy) is 2. The van der Waals surface area contributed by atoms with Crippen molar-refractivity contribution in [2.45, 2.75) is 37.0 Å². The molecule has 2 aliphatic rings. The first-order chi connectivity index (χ1) is 14.3. The van der Waals surface area contributed by atoms with Gasteiger partial charge in [0.05, 0.1) is 17.7 Å². The van der Waals surface area contributed by atoms with E-state index >= 15 is 0 Å². The average Bonchev–Trinajstić information content (AvgIpc) is 3.15. The number of nitriles is 1. The van der Waals surface area contributed by atoms with E-state index in [1.54, 1.807) is 18.2 Å². The SMILES string of the molecule is N#Cc1ccc2c(c1)C[C@@H](NC(=O)c1cc3n(n1)CCC(CSC(F)(F)F)O3)CO2. The van der Waals surface area contributed by atoms with Gasteiger partial charge in [0.2, 0.25) is 5.88 Å². The van der Waals surface area contributed by atoms with Crippen LogP contribution in [0, 0.1) is 11.3 Å². The quantitative estimate of drug-likeness (QED) is 0.790. The summed E-state index contributed by atoms with van der Waals surface area (Å²) in [6.07, 6.45) is 0.305. The lowest BCUT2D eigenvalue weighted by Gasteiger charge is -2.25. The second-order valence-electron chi connectivity index (χ2n) is 7.00. The maximum Gasteiger partial charge on any atom is 0.441 e. The molecule has 2 aromatic rings. The Kier molecular flexibility index (Phi) is 5.51. The molecule has 1 aromatic carbocycles. The Balaban J connectivity index is 1.37. The fourth-order valence-corrected chi connectivity index (χ4v) is 3.99. The number of fused-ring (bicyclic) bond motifs is 2. The molecule has 0 saturated heterocycles. The number of halogens is 3. The maximum absolute atomic E-state index is 12.6. The minimum Gasteiger partial charge on any atom is -0.491 e. The van der Waals surface area contributed by atoms with Crippen LogP contribution in [0.25, 0.3) is 0 Å². The Morgan fingerprint density at radius 2 is 2.23 bits per heavy atom. The predicted octanol–water partition coefficient (Wildman–Crippen LogP) is 2.89. The number of rotatable bonds is 4. The van der Waals surface area contributed by atoms with Gasteiger partial charge in [0.15, 0.2) is 5.69 Å². The maximum atomic E-state index is 12.6. The summed E-state index contributed by atoms with van der Waals surface area (Å²) in [5.74, 6) is 0.339. The van der Waals surface area contributed by atoms with Crippen LogP contribution in [0.2, 0.25) is 0 Å². The predicted molar refractivity (Wildman–Crippen MR) is 101 cm³/mol. The third kappa shape index (κ3) is 4.64. The molecular formula is C19H17F3N4O3S. The zero-order chi connectivity index (χ0) is 21.3. The second kappa shape index (κ2) is 8.10. The zero-order valence-corrected chi connectivity index (χ0v) is 16.4. The van der Waals surface area contributed by atoms with Gasteiger partial charge in [0, 0.05) is 24.8 Å². The lowest BCUT2D eigenvalue weighted by atomic mass is 10.0. The van der Waals surface area contributed by atoms with Crippen molar-refractivity contribution in [2.24, 2.45) is 0 Å². The topological polar surface area (TPSA) is 89.2 Å². The summed E-state index contributed by atoms with van der Waals surface area (Å²) in [6.45, 7) is 0.661. The highest BCUT2D eigenvalue weighted by atomic mass is 32.2. The lowest BCUT2D eigenvalue weighted by Crippen LogP contribution is -2.42. The molecule has 1 N–H and O–H groups in total. The standard InChI is InChI=1S/C19H17F3N4O3S/c20-19(21,22)30-10-14-3-4-26-17(29-14)7-15(25-26)18(27)24-13-6-12-5-11(8-23)1-2-16(12)28-9-13/h1-2,5,7,13-14H,3-4,6,9-10H2,(H,24,27)/t13-,14?/m1/s1. The number of aromatic nitrogens is 2. The smallest absolute Gasteiger partial charge is 0.441 e. The third-order valence-corrected chi connectivity index (χ3v) is 5.66. The Hall–Kier alpha value is -2.87. The number of carbonyl (C=O) groups is 1. The summed E-state index contributed by atoms with van der Waals surface area (Å²) >= 11 is -0.120. The number of nitrogens with zero attached hydrogens (tertiary/aromatic N) is 3. The van der Waals surface area contributed by atoms with E-state index in [1.165, 1.54) is 10.7 Å². The van der Waals surface area contributed by atoms with E-state index < -0.39 is 17.5 Å². The van der Waals surface area contributed by atoms with Gasteiger partial charge in [0.1, 0.15) is 18.5 Å². The Morgan fingerprint density at radius 1 is 1.40 bits per heavy atom. The van der Waals surface area contributed by atoms with E-state index in [-0.39, 0.29) is 41.7 Å². The van der Waals surface area contributed by atoms with E-state index in [1.807, 2.05) is 0 Å². The van der Waals surface area contributed by atoms with Gasteiger partial charge in [-0.05, 0) is 41.9 Å². The molecule has 0 saturated carbocycles. The first kappa shape index (κ1) is 20.4. The molecule has 0 radical (unpaired) electrons. The van der Waals surface area contributed by atoms with Crippen molar-refractivity contribution >= 4 is 17.7 Å². The molecule has 1 aromatic heterocycles. The van der Waals surface area contributed by atoms with Gasteiger partial charge >= 0.3 is 5.51 Å². The number of nitrogens with one attached hydrogen (secondary N) is 1. The van der Waals surface area contributed by atoms with Crippen molar-refractivity contribution < 1.29 is 27.4 Å². The largest absolute Gasteiger partial charge is 0.491 e.